The largest absolute Gasteiger partial charge is 0.456 e. The zero-order valence-electron chi connectivity index (χ0n) is 60.1. The Balaban J connectivity index is 0.000000141. The summed E-state index contributed by atoms with van der Waals surface area (Å²) in [7, 11) is 0. The molecule has 0 fully saturated rings. The lowest BCUT2D eigenvalue weighted by atomic mass is 9.96. The molecule has 0 spiro atoms. The third-order valence-corrected chi connectivity index (χ3v) is 21.0. The molecule has 0 bridgehead atoms. The fraction of sp³-hybridized carbons (Fsp3) is 0. The van der Waals surface area contributed by atoms with Gasteiger partial charge in [-0.3, -0.25) is 0 Å². The molecule has 112 heavy (non-hydrogen) atoms. The van der Waals surface area contributed by atoms with Gasteiger partial charge in [0.15, 0.2) is 34.9 Å². The number of rotatable bonds is 12. The van der Waals surface area contributed by atoms with E-state index in [0.717, 1.165) is 177 Å². The summed E-state index contributed by atoms with van der Waals surface area (Å²) in [6, 6.07) is 129. The number of hydrogen-bond acceptors (Lipinski definition) is 10. The predicted octanol–water partition coefficient (Wildman–Crippen LogP) is 25.1. The minimum atomic E-state index is 0.552. The van der Waals surface area contributed by atoms with Gasteiger partial charge in [0, 0.05) is 93.5 Å². The number of benzene rings is 14. The molecule has 0 saturated carbocycles. The highest BCUT2D eigenvalue weighted by atomic mass is 16.3. The van der Waals surface area contributed by atoms with Gasteiger partial charge in [0.25, 0.3) is 0 Å². The predicted molar refractivity (Wildman–Crippen MR) is 452 cm³/mol. The molecule has 8 aromatic heterocycles. The van der Waals surface area contributed by atoms with Crippen molar-refractivity contribution in [3.8, 4) is 136 Å². The Morgan fingerprint density at radius 1 is 0.214 bits per heavy atom. The Morgan fingerprint density at radius 2 is 0.536 bits per heavy atom. The van der Waals surface area contributed by atoms with Crippen LogP contribution in [0.3, 0.4) is 0 Å². The van der Waals surface area contributed by atoms with Gasteiger partial charge < -0.3 is 8.83 Å². The smallest absolute Gasteiger partial charge is 0.167 e. The first-order valence-electron chi connectivity index (χ1n) is 37.3. The molecule has 12 nitrogen and oxygen atoms in total. The summed E-state index contributed by atoms with van der Waals surface area (Å²) in [6.07, 6.45) is 0. The van der Waals surface area contributed by atoms with E-state index >= 15 is 0 Å². The summed E-state index contributed by atoms with van der Waals surface area (Å²) < 4.78 is 16.9. The van der Waals surface area contributed by atoms with Crippen LogP contribution in [0.4, 0.5) is 0 Å². The molecule has 12 heteroatoms. The maximum Gasteiger partial charge on any atom is 0.167 e. The number of furan rings is 2. The fourth-order valence-corrected chi connectivity index (χ4v) is 15.7. The highest BCUT2D eigenvalue weighted by Crippen LogP contribution is 2.46. The Morgan fingerprint density at radius 3 is 1.00 bits per heavy atom. The van der Waals surface area contributed by atoms with Crippen molar-refractivity contribution in [3.05, 3.63) is 376 Å². The zero-order valence-corrected chi connectivity index (χ0v) is 60.1. The lowest BCUT2D eigenvalue weighted by molar-refractivity contribution is 0.669. The normalized spacial score (nSPS) is 11.6. The number of hydrogen-bond donors (Lipinski definition) is 0. The van der Waals surface area contributed by atoms with Gasteiger partial charge in [0.05, 0.1) is 28.0 Å². The van der Waals surface area contributed by atoms with Gasteiger partial charge >= 0.3 is 0 Å². The molecule has 0 radical (unpaired) electrons. The number of pyridine rings is 2. The van der Waals surface area contributed by atoms with E-state index in [0.29, 0.717) is 34.9 Å². The van der Waals surface area contributed by atoms with Gasteiger partial charge in [-0.2, -0.15) is 10.2 Å². The van der Waals surface area contributed by atoms with Crippen molar-refractivity contribution >= 4 is 76.5 Å². The molecule has 0 amide bonds. The fourth-order valence-electron chi connectivity index (χ4n) is 15.7. The van der Waals surface area contributed by atoms with Crippen molar-refractivity contribution < 1.29 is 8.83 Å². The Hall–Kier alpha value is -15.4. The van der Waals surface area contributed by atoms with Crippen LogP contribution in [0, 0.1) is 0 Å². The standard InChI is InChI=1S/2C50H31N5O/c1-4-15-32(16-5-1)42-31-37-21-10-11-22-38(37)46-44(45(54-55(42)46)34-17-6-2-7-18-34)33-27-29-36(30-28-33)49-51-48(35-19-8-3-9-20-35)52-50(53-49)41-25-14-24-40-39-23-12-13-26-43(39)56-47(40)41;1-4-15-32(16-5-1)41-31-37-21-10-11-22-38(37)47-44(46(54-55(41)47)34-17-6-2-7-18-34)33-27-29-36(30-28-33)49-51-48(35-19-8-3-9-20-35)52-50(53-49)40-24-14-26-43-45(40)39-23-12-13-25-42(39)56-43/h2*1-31H. The summed E-state index contributed by atoms with van der Waals surface area (Å²) >= 11 is 0. The van der Waals surface area contributed by atoms with Crippen molar-refractivity contribution in [2.75, 3.05) is 0 Å². The second-order valence-electron chi connectivity index (χ2n) is 27.7. The van der Waals surface area contributed by atoms with Gasteiger partial charge in [-0.25, -0.2) is 38.9 Å². The molecule has 8 heterocycles. The van der Waals surface area contributed by atoms with Gasteiger partial charge in [0.1, 0.15) is 33.7 Å². The van der Waals surface area contributed by atoms with Crippen LogP contribution in [0.25, 0.3) is 212 Å². The molecule has 0 N–H and O–H groups in total. The first kappa shape index (κ1) is 64.9. The van der Waals surface area contributed by atoms with E-state index in [1.54, 1.807) is 0 Å². The average Bonchev–Trinajstić information content (AvgIpc) is 1.57. The van der Waals surface area contributed by atoms with E-state index in [4.69, 9.17) is 48.9 Å². The molecule has 22 aromatic rings. The SMILES string of the molecule is c1ccc(-c2nc(-c3ccc(-c4c(-c5ccccc5)nn5c(-c6ccccc6)cc6ccccc6c45)cc3)nc(-c3cccc4c3oc3ccccc34)n2)cc1.c1ccc(-c2nc(-c3ccc(-c4c(-c5ccccc5)nn5c(-c6ccccc6)cc6ccccc6c45)cc3)nc(-c3cccc4oc5ccccc5c34)n2)cc1. The number of para-hydroxylation sites is 3. The third-order valence-electron chi connectivity index (χ3n) is 21.0. The summed E-state index contributed by atoms with van der Waals surface area (Å²) in [5.41, 5.74) is 23.0. The molecule has 22 rings (SSSR count). The summed E-state index contributed by atoms with van der Waals surface area (Å²) in [4.78, 5) is 30.5. The van der Waals surface area contributed by atoms with Crippen LogP contribution in [0.5, 0.6) is 0 Å². The number of nitrogens with zero attached hydrogens (tertiary/aromatic N) is 10. The van der Waals surface area contributed by atoms with E-state index < -0.39 is 0 Å². The van der Waals surface area contributed by atoms with Crippen molar-refractivity contribution in [2.24, 2.45) is 0 Å². The van der Waals surface area contributed by atoms with E-state index in [2.05, 4.69) is 240 Å². The van der Waals surface area contributed by atoms with Gasteiger partial charge in [-0.15, -0.1) is 0 Å². The van der Waals surface area contributed by atoms with Crippen molar-refractivity contribution in [2.45, 2.75) is 0 Å². The van der Waals surface area contributed by atoms with Gasteiger partial charge in [-0.1, -0.05) is 340 Å². The summed E-state index contributed by atoms with van der Waals surface area (Å²) in [5, 5.41) is 19.4. The summed E-state index contributed by atoms with van der Waals surface area (Å²) in [5.74, 6) is 3.50. The Kier molecular flexibility index (Phi) is 15.9. The van der Waals surface area contributed by atoms with Crippen LogP contribution in [0.15, 0.2) is 385 Å². The second kappa shape index (κ2) is 27.4. The van der Waals surface area contributed by atoms with Crippen LogP contribution in [0.1, 0.15) is 0 Å². The topological polar surface area (TPSA) is 138 Å². The number of aromatic nitrogens is 10. The first-order valence-corrected chi connectivity index (χ1v) is 37.3. The third kappa shape index (κ3) is 11.5. The van der Waals surface area contributed by atoms with Gasteiger partial charge in [-0.05, 0) is 58.3 Å². The molecular weight excluding hydrogens is 1370 g/mol. The first-order chi connectivity index (χ1) is 55.5. The van der Waals surface area contributed by atoms with Crippen LogP contribution in [0.2, 0.25) is 0 Å². The molecule has 524 valence electrons. The van der Waals surface area contributed by atoms with Crippen molar-refractivity contribution in [1.82, 2.24) is 49.1 Å². The van der Waals surface area contributed by atoms with E-state index in [1.165, 1.54) is 0 Å². The maximum absolute atomic E-state index is 6.43. The average molecular weight is 1440 g/mol. The maximum atomic E-state index is 6.43. The van der Waals surface area contributed by atoms with Crippen LogP contribution < -0.4 is 0 Å². The van der Waals surface area contributed by atoms with Crippen molar-refractivity contribution in [3.63, 3.8) is 0 Å². The molecular formula is C100H62N10O2. The quantitative estimate of drug-likeness (QED) is 0.116. The minimum absolute atomic E-state index is 0.552. The second-order valence-corrected chi connectivity index (χ2v) is 27.7. The lowest BCUT2D eigenvalue weighted by Gasteiger charge is -2.11. The molecule has 0 aliphatic heterocycles. The molecule has 0 unspecified atom stereocenters. The zero-order chi connectivity index (χ0) is 74.0. The molecule has 14 aromatic carbocycles. The van der Waals surface area contributed by atoms with Gasteiger partial charge in [0.2, 0.25) is 0 Å². The Labute approximate surface area is 642 Å². The molecule has 0 aliphatic rings. The Bertz CT molecular complexity index is 7330. The van der Waals surface area contributed by atoms with Crippen LogP contribution in [-0.4, -0.2) is 49.1 Å². The monoisotopic (exact) mass is 1430 g/mol. The lowest BCUT2D eigenvalue weighted by Crippen LogP contribution is -2.00. The van der Waals surface area contributed by atoms with Crippen LogP contribution in [-0.2, 0) is 0 Å². The van der Waals surface area contributed by atoms with Crippen molar-refractivity contribution in [1.29, 1.82) is 0 Å². The van der Waals surface area contributed by atoms with E-state index in [9.17, 15) is 0 Å². The highest BCUT2D eigenvalue weighted by Gasteiger charge is 2.26. The highest BCUT2D eigenvalue weighted by molar-refractivity contribution is 6.14. The van der Waals surface area contributed by atoms with E-state index in [1.807, 2.05) is 146 Å². The minimum Gasteiger partial charge on any atom is -0.456 e. The molecule has 0 saturated heterocycles. The van der Waals surface area contributed by atoms with E-state index in [-0.39, 0.29) is 0 Å². The molecule has 0 aliphatic carbocycles. The molecule has 0 atom stereocenters. The number of fused-ring (bicyclic) bond motifs is 12. The summed E-state index contributed by atoms with van der Waals surface area (Å²) in [6.45, 7) is 0. The van der Waals surface area contributed by atoms with Crippen LogP contribution >= 0.6 is 0 Å².